The van der Waals surface area contributed by atoms with Gasteiger partial charge in [0.25, 0.3) is 5.91 Å². The summed E-state index contributed by atoms with van der Waals surface area (Å²) in [5.74, 6) is 0.712. The first-order valence-corrected chi connectivity index (χ1v) is 10.5. The summed E-state index contributed by atoms with van der Waals surface area (Å²) in [4.78, 5) is 14.6. The summed E-state index contributed by atoms with van der Waals surface area (Å²) < 4.78 is 19.1. The smallest absolute Gasteiger partial charge is 0.253 e. The molecule has 0 spiro atoms. The zero-order chi connectivity index (χ0) is 22.1. The second kappa shape index (κ2) is 8.56. The molecule has 0 unspecified atom stereocenters. The maximum atomic E-state index is 13.2. The highest BCUT2D eigenvalue weighted by molar-refractivity contribution is 6.31. The van der Waals surface area contributed by atoms with Crippen molar-refractivity contribution in [2.45, 2.75) is 13.8 Å². The highest BCUT2D eigenvalue weighted by atomic mass is 35.5. The third-order valence-electron chi connectivity index (χ3n) is 5.11. The minimum absolute atomic E-state index is 0.0552. The maximum absolute atomic E-state index is 13.2. The molecule has 4 aromatic rings. The minimum atomic E-state index is -0.285. The molecule has 31 heavy (non-hydrogen) atoms. The molecule has 0 N–H and O–H groups in total. The van der Waals surface area contributed by atoms with Crippen LogP contribution in [0.2, 0.25) is 5.02 Å². The fourth-order valence-corrected chi connectivity index (χ4v) is 3.95. The molecular weight excluding hydrogens is 413 g/mol. The van der Waals surface area contributed by atoms with E-state index in [1.807, 2.05) is 36.4 Å². The molecule has 158 valence electrons. The maximum Gasteiger partial charge on any atom is 0.253 e. The fraction of sp³-hybridized carbons (Fsp3) is 0.192. The van der Waals surface area contributed by atoms with Gasteiger partial charge < -0.3 is 9.32 Å². The summed E-state index contributed by atoms with van der Waals surface area (Å²) in [7, 11) is 1.80. The zero-order valence-electron chi connectivity index (χ0n) is 17.7. The molecule has 0 radical (unpaired) electrons. The second-order valence-corrected chi connectivity index (χ2v) is 8.61. The number of furan rings is 1. The summed E-state index contributed by atoms with van der Waals surface area (Å²) in [5.41, 5.74) is 3.90. The summed E-state index contributed by atoms with van der Waals surface area (Å²) >= 11 is 6.35. The Balaban J connectivity index is 1.69. The number of carbonyl (C=O) groups is 1. The van der Waals surface area contributed by atoms with Crippen LogP contribution in [0.15, 0.2) is 71.1 Å². The van der Waals surface area contributed by atoms with Crippen molar-refractivity contribution in [3.05, 3.63) is 83.1 Å². The molecule has 0 fully saturated rings. The lowest BCUT2D eigenvalue weighted by Crippen LogP contribution is -2.30. The lowest BCUT2D eigenvalue weighted by molar-refractivity contribution is 0.0779. The number of hydrogen-bond donors (Lipinski definition) is 0. The number of fused-ring (bicyclic) bond motifs is 1. The van der Waals surface area contributed by atoms with E-state index in [1.54, 1.807) is 30.1 Å². The van der Waals surface area contributed by atoms with E-state index in [0.717, 1.165) is 27.7 Å². The zero-order valence-corrected chi connectivity index (χ0v) is 18.4. The van der Waals surface area contributed by atoms with E-state index in [1.165, 1.54) is 12.1 Å². The number of carbonyl (C=O) groups excluding carboxylic acids is 1. The van der Waals surface area contributed by atoms with Gasteiger partial charge in [0.05, 0.1) is 0 Å². The van der Waals surface area contributed by atoms with Crippen molar-refractivity contribution in [3.8, 4) is 22.5 Å². The number of halogens is 2. The van der Waals surface area contributed by atoms with E-state index in [9.17, 15) is 9.18 Å². The molecule has 3 aromatic carbocycles. The first-order valence-electron chi connectivity index (χ1n) is 10.2. The van der Waals surface area contributed by atoms with Gasteiger partial charge in [0.15, 0.2) is 0 Å². The van der Waals surface area contributed by atoms with Gasteiger partial charge in [-0.25, -0.2) is 4.39 Å². The Bertz CT molecular complexity index is 1240. The third kappa shape index (κ3) is 4.64. The van der Waals surface area contributed by atoms with Crippen LogP contribution in [0.4, 0.5) is 4.39 Å². The first-order chi connectivity index (χ1) is 14.8. The Morgan fingerprint density at radius 1 is 0.968 bits per heavy atom. The van der Waals surface area contributed by atoms with Crippen molar-refractivity contribution in [1.82, 2.24) is 4.90 Å². The van der Waals surface area contributed by atoms with Crippen LogP contribution in [0.3, 0.4) is 0 Å². The summed E-state index contributed by atoms with van der Waals surface area (Å²) in [6.07, 6.45) is 0. The molecule has 3 nitrogen and oxygen atoms in total. The fourth-order valence-electron chi connectivity index (χ4n) is 3.71. The molecule has 5 heteroatoms. The van der Waals surface area contributed by atoms with Crippen molar-refractivity contribution in [3.63, 3.8) is 0 Å². The number of rotatable bonds is 5. The molecule has 4 rings (SSSR count). The molecule has 0 aliphatic heterocycles. The van der Waals surface area contributed by atoms with Gasteiger partial charge >= 0.3 is 0 Å². The number of amides is 1. The quantitative estimate of drug-likeness (QED) is 0.330. The highest BCUT2D eigenvalue weighted by Crippen LogP contribution is 2.32. The van der Waals surface area contributed by atoms with Crippen molar-refractivity contribution < 1.29 is 13.6 Å². The standard InChI is InChI=1S/C26H23ClFNO2/c1-16(2)15-29(3)26(30)21-11-19(12-22(27)13-21)18-6-9-24-20(10-18)14-25(31-24)17-4-7-23(28)8-5-17/h4-14,16H,15H2,1-3H3. The van der Waals surface area contributed by atoms with Gasteiger partial charge in [-0.05, 0) is 77.7 Å². The van der Waals surface area contributed by atoms with Gasteiger partial charge in [-0.15, -0.1) is 0 Å². The Labute approximate surface area is 186 Å². The molecule has 0 saturated carbocycles. The SMILES string of the molecule is CC(C)CN(C)C(=O)c1cc(Cl)cc(-c2ccc3oc(-c4ccc(F)cc4)cc3c2)c1. The number of nitrogens with zero attached hydrogens (tertiary/aromatic N) is 1. The Hall–Kier alpha value is -3.11. The molecule has 0 aliphatic rings. The largest absolute Gasteiger partial charge is 0.456 e. The summed E-state index contributed by atoms with van der Waals surface area (Å²) in [6.45, 7) is 4.83. The highest BCUT2D eigenvalue weighted by Gasteiger charge is 2.15. The van der Waals surface area contributed by atoms with E-state index in [-0.39, 0.29) is 11.7 Å². The van der Waals surface area contributed by atoms with Crippen LogP contribution >= 0.6 is 11.6 Å². The van der Waals surface area contributed by atoms with E-state index in [2.05, 4.69) is 13.8 Å². The van der Waals surface area contributed by atoms with Crippen molar-refractivity contribution >= 4 is 28.5 Å². The topological polar surface area (TPSA) is 33.5 Å². The molecule has 0 saturated heterocycles. The first kappa shape index (κ1) is 21.1. The van der Waals surface area contributed by atoms with Gasteiger partial charge in [-0.3, -0.25) is 4.79 Å². The van der Waals surface area contributed by atoms with Crippen molar-refractivity contribution in [2.24, 2.45) is 5.92 Å². The second-order valence-electron chi connectivity index (χ2n) is 8.18. The Morgan fingerprint density at radius 2 is 1.68 bits per heavy atom. The van der Waals surface area contributed by atoms with Crippen LogP contribution in [0.25, 0.3) is 33.4 Å². The molecule has 0 atom stereocenters. The van der Waals surface area contributed by atoms with Gasteiger partial charge in [0.1, 0.15) is 17.2 Å². The molecule has 0 bridgehead atoms. The lowest BCUT2D eigenvalue weighted by Gasteiger charge is -2.20. The van der Waals surface area contributed by atoms with Gasteiger partial charge in [-0.2, -0.15) is 0 Å². The van der Waals surface area contributed by atoms with Crippen molar-refractivity contribution in [1.29, 1.82) is 0 Å². The van der Waals surface area contributed by atoms with Gasteiger partial charge in [0, 0.05) is 35.1 Å². The predicted octanol–water partition coefficient (Wildman–Crippen LogP) is 7.29. The molecule has 1 heterocycles. The van der Waals surface area contributed by atoms with E-state index in [4.69, 9.17) is 16.0 Å². The van der Waals surface area contributed by atoms with Gasteiger partial charge in [-0.1, -0.05) is 31.5 Å². The summed E-state index contributed by atoms with van der Waals surface area (Å²) in [5, 5.41) is 1.43. The Kier molecular flexibility index (Phi) is 5.84. The number of benzene rings is 3. The lowest BCUT2D eigenvalue weighted by atomic mass is 10.0. The predicted molar refractivity (Wildman–Crippen MR) is 124 cm³/mol. The Morgan fingerprint density at radius 3 is 2.39 bits per heavy atom. The monoisotopic (exact) mass is 435 g/mol. The van der Waals surface area contributed by atoms with E-state index >= 15 is 0 Å². The third-order valence-corrected chi connectivity index (χ3v) is 5.33. The molecule has 1 aromatic heterocycles. The molecular formula is C26H23ClFNO2. The normalized spacial score (nSPS) is 11.3. The average Bonchev–Trinajstić information content (AvgIpc) is 3.16. The van der Waals surface area contributed by atoms with Crippen LogP contribution in [0.5, 0.6) is 0 Å². The number of hydrogen-bond acceptors (Lipinski definition) is 2. The average molecular weight is 436 g/mol. The molecule has 1 amide bonds. The summed E-state index contributed by atoms with van der Waals surface area (Å²) in [6, 6.07) is 19.4. The van der Waals surface area contributed by atoms with Crippen LogP contribution in [0, 0.1) is 11.7 Å². The van der Waals surface area contributed by atoms with E-state index in [0.29, 0.717) is 28.8 Å². The van der Waals surface area contributed by atoms with Crippen molar-refractivity contribution in [2.75, 3.05) is 13.6 Å². The van der Waals surface area contributed by atoms with Crippen LogP contribution in [-0.4, -0.2) is 24.4 Å². The van der Waals surface area contributed by atoms with Crippen LogP contribution in [0.1, 0.15) is 24.2 Å². The van der Waals surface area contributed by atoms with Crippen LogP contribution < -0.4 is 0 Å². The molecule has 0 aliphatic carbocycles. The van der Waals surface area contributed by atoms with Gasteiger partial charge in [0.2, 0.25) is 0 Å². The van der Waals surface area contributed by atoms with Crippen LogP contribution in [-0.2, 0) is 0 Å². The van der Waals surface area contributed by atoms with E-state index < -0.39 is 0 Å². The minimum Gasteiger partial charge on any atom is -0.456 e.